The molecule has 2 rings (SSSR count). The van der Waals surface area contributed by atoms with E-state index in [9.17, 15) is 4.39 Å². The van der Waals surface area contributed by atoms with Crippen LogP contribution >= 0.6 is 11.6 Å². The van der Waals surface area contributed by atoms with E-state index in [4.69, 9.17) is 16.3 Å². The Balaban J connectivity index is 2.15. The normalized spacial score (nSPS) is 24.0. The first-order valence-electron chi connectivity index (χ1n) is 7.86. The number of hydrogen-bond donors (Lipinski definition) is 1. The van der Waals surface area contributed by atoms with Crippen molar-refractivity contribution in [3.05, 3.63) is 34.6 Å². The van der Waals surface area contributed by atoms with E-state index in [1.807, 2.05) is 0 Å². The molecule has 1 N–H and O–H groups in total. The molecule has 118 valence electrons. The summed E-state index contributed by atoms with van der Waals surface area (Å²) < 4.78 is 20.1. The SMILES string of the molecule is CCCNC(Cc1ccc(Cl)cc1F)C1(C)CCCCO1. The van der Waals surface area contributed by atoms with Crippen molar-refractivity contribution in [3.63, 3.8) is 0 Å². The molecule has 2 nitrogen and oxygen atoms in total. The molecule has 0 amide bonds. The third-order valence-corrected chi connectivity index (χ3v) is 4.55. The molecular formula is C17H25ClFNO. The minimum atomic E-state index is -0.231. The minimum Gasteiger partial charge on any atom is -0.374 e. The first-order valence-corrected chi connectivity index (χ1v) is 8.24. The van der Waals surface area contributed by atoms with Crippen LogP contribution in [0, 0.1) is 5.82 Å². The number of halogens is 2. The van der Waals surface area contributed by atoms with Gasteiger partial charge in [-0.2, -0.15) is 0 Å². The van der Waals surface area contributed by atoms with Crippen LogP contribution in [0.25, 0.3) is 0 Å². The summed E-state index contributed by atoms with van der Waals surface area (Å²) in [5.41, 5.74) is 0.475. The zero-order valence-electron chi connectivity index (χ0n) is 12.9. The third-order valence-electron chi connectivity index (χ3n) is 4.32. The van der Waals surface area contributed by atoms with Gasteiger partial charge in [0.05, 0.1) is 5.60 Å². The van der Waals surface area contributed by atoms with Crippen molar-refractivity contribution in [2.24, 2.45) is 0 Å². The van der Waals surface area contributed by atoms with E-state index in [1.165, 1.54) is 12.5 Å². The van der Waals surface area contributed by atoms with Crippen molar-refractivity contribution in [2.45, 2.75) is 57.6 Å². The predicted octanol–water partition coefficient (Wildman–Crippen LogP) is 4.35. The second kappa shape index (κ2) is 7.57. The lowest BCUT2D eigenvalue weighted by Crippen LogP contribution is -2.53. The number of rotatable bonds is 6. The van der Waals surface area contributed by atoms with Crippen molar-refractivity contribution in [1.82, 2.24) is 5.32 Å². The van der Waals surface area contributed by atoms with Crippen molar-refractivity contribution in [1.29, 1.82) is 0 Å². The first-order chi connectivity index (χ1) is 10.0. The molecule has 1 aromatic rings. The predicted molar refractivity (Wildman–Crippen MR) is 85.4 cm³/mol. The lowest BCUT2D eigenvalue weighted by atomic mass is 9.84. The Morgan fingerprint density at radius 1 is 1.43 bits per heavy atom. The van der Waals surface area contributed by atoms with Crippen molar-refractivity contribution >= 4 is 11.6 Å². The highest BCUT2D eigenvalue weighted by molar-refractivity contribution is 6.30. The van der Waals surface area contributed by atoms with E-state index in [1.54, 1.807) is 12.1 Å². The maximum atomic E-state index is 14.1. The average Bonchev–Trinajstić information content (AvgIpc) is 2.46. The molecule has 0 bridgehead atoms. The lowest BCUT2D eigenvalue weighted by Gasteiger charge is -2.41. The fraction of sp³-hybridized carbons (Fsp3) is 0.647. The van der Waals surface area contributed by atoms with Crippen LogP contribution in [0.1, 0.15) is 45.1 Å². The fourth-order valence-electron chi connectivity index (χ4n) is 2.96. The molecule has 1 heterocycles. The van der Waals surface area contributed by atoms with E-state index >= 15 is 0 Å². The summed E-state index contributed by atoms with van der Waals surface area (Å²) in [5, 5.41) is 3.98. The molecule has 1 fully saturated rings. The summed E-state index contributed by atoms with van der Waals surface area (Å²) in [6.07, 6.45) is 4.98. The van der Waals surface area contributed by atoms with Crippen LogP contribution in [0.5, 0.6) is 0 Å². The van der Waals surface area contributed by atoms with E-state index in [0.717, 1.165) is 32.4 Å². The largest absolute Gasteiger partial charge is 0.374 e. The summed E-state index contributed by atoms with van der Waals surface area (Å²) in [4.78, 5) is 0. The molecule has 21 heavy (non-hydrogen) atoms. The molecule has 0 aliphatic carbocycles. The Labute approximate surface area is 132 Å². The fourth-order valence-corrected chi connectivity index (χ4v) is 3.12. The lowest BCUT2D eigenvalue weighted by molar-refractivity contribution is -0.0884. The van der Waals surface area contributed by atoms with Crippen LogP contribution in [0.2, 0.25) is 5.02 Å². The maximum Gasteiger partial charge on any atom is 0.127 e. The topological polar surface area (TPSA) is 21.3 Å². The van der Waals surface area contributed by atoms with Gasteiger partial charge in [-0.25, -0.2) is 4.39 Å². The highest BCUT2D eigenvalue weighted by Crippen LogP contribution is 2.30. The Bertz CT molecular complexity index is 460. The maximum absolute atomic E-state index is 14.1. The number of ether oxygens (including phenoxy) is 1. The van der Waals surface area contributed by atoms with E-state index in [2.05, 4.69) is 19.2 Å². The number of hydrogen-bond acceptors (Lipinski definition) is 2. The van der Waals surface area contributed by atoms with E-state index in [0.29, 0.717) is 17.0 Å². The molecular weight excluding hydrogens is 289 g/mol. The zero-order valence-corrected chi connectivity index (χ0v) is 13.7. The van der Waals surface area contributed by atoms with Crippen molar-refractivity contribution in [3.8, 4) is 0 Å². The van der Waals surface area contributed by atoms with Crippen LogP contribution in [-0.4, -0.2) is 24.8 Å². The second-order valence-electron chi connectivity index (χ2n) is 6.06. The summed E-state index contributed by atoms with van der Waals surface area (Å²) in [5.74, 6) is -0.231. The van der Waals surface area contributed by atoms with Gasteiger partial charge in [0.2, 0.25) is 0 Å². The van der Waals surface area contributed by atoms with Gasteiger partial charge in [-0.3, -0.25) is 0 Å². The van der Waals surface area contributed by atoms with Gasteiger partial charge in [0.1, 0.15) is 5.82 Å². The summed E-state index contributed by atoms with van der Waals surface area (Å²) >= 11 is 5.83. The second-order valence-corrected chi connectivity index (χ2v) is 6.50. The van der Waals surface area contributed by atoms with Gasteiger partial charge in [-0.15, -0.1) is 0 Å². The monoisotopic (exact) mass is 313 g/mol. The highest BCUT2D eigenvalue weighted by atomic mass is 35.5. The van der Waals surface area contributed by atoms with Crippen molar-refractivity contribution < 1.29 is 9.13 Å². The highest BCUT2D eigenvalue weighted by Gasteiger charge is 2.36. The Hall–Kier alpha value is -0.640. The quantitative estimate of drug-likeness (QED) is 0.843. The Kier molecular flexibility index (Phi) is 6.03. The van der Waals surface area contributed by atoms with Gasteiger partial charge in [0.15, 0.2) is 0 Å². The molecule has 1 aromatic carbocycles. The molecule has 0 radical (unpaired) electrons. The van der Waals surface area contributed by atoms with Crippen LogP contribution < -0.4 is 5.32 Å². The Morgan fingerprint density at radius 3 is 2.86 bits per heavy atom. The van der Waals surface area contributed by atoms with Crippen LogP contribution in [-0.2, 0) is 11.2 Å². The molecule has 4 heteroatoms. The van der Waals surface area contributed by atoms with Gasteiger partial charge in [0.25, 0.3) is 0 Å². The van der Waals surface area contributed by atoms with Gasteiger partial charge < -0.3 is 10.1 Å². The smallest absolute Gasteiger partial charge is 0.127 e. The molecule has 0 spiro atoms. The van der Waals surface area contributed by atoms with Gasteiger partial charge in [-0.1, -0.05) is 24.6 Å². The minimum absolute atomic E-state index is 0.119. The summed E-state index contributed by atoms with van der Waals surface area (Å²) in [6.45, 7) is 5.99. The third kappa shape index (κ3) is 4.41. The molecule has 0 aromatic heterocycles. The van der Waals surface area contributed by atoms with Crippen LogP contribution in [0.15, 0.2) is 18.2 Å². The van der Waals surface area contributed by atoms with Crippen LogP contribution in [0.4, 0.5) is 4.39 Å². The van der Waals surface area contributed by atoms with Gasteiger partial charge >= 0.3 is 0 Å². The van der Waals surface area contributed by atoms with Crippen molar-refractivity contribution in [2.75, 3.05) is 13.2 Å². The van der Waals surface area contributed by atoms with E-state index in [-0.39, 0.29) is 17.5 Å². The summed E-state index contributed by atoms with van der Waals surface area (Å²) in [7, 11) is 0. The molecule has 1 aliphatic heterocycles. The molecule has 1 aliphatic rings. The first kappa shape index (κ1) is 16.7. The summed E-state index contributed by atoms with van der Waals surface area (Å²) in [6, 6.07) is 5.04. The number of nitrogens with one attached hydrogen (secondary N) is 1. The zero-order chi connectivity index (χ0) is 15.3. The van der Waals surface area contributed by atoms with Gasteiger partial charge in [-0.05, 0) is 63.3 Å². The van der Waals surface area contributed by atoms with Crippen LogP contribution in [0.3, 0.4) is 0 Å². The van der Waals surface area contributed by atoms with Gasteiger partial charge in [0, 0.05) is 17.7 Å². The molecule has 0 saturated carbocycles. The molecule has 2 unspecified atom stereocenters. The molecule has 2 atom stereocenters. The average molecular weight is 314 g/mol. The van der Waals surface area contributed by atoms with E-state index < -0.39 is 0 Å². The molecule has 1 saturated heterocycles. The Morgan fingerprint density at radius 2 is 2.24 bits per heavy atom. The number of benzene rings is 1. The standard InChI is InChI=1S/C17H25ClFNO/c1-3-9-20-16(17(2)8-4-5-10-21-17)11-13-6-7-14(18)12-15(13)19/h6-7,12,16,20H,3-5,8-11H2,1-2H3.